The smallest absolute Gasteiger partial charge is 0.138 e. The minimum Gasteiger partial charge on any atom is -0.506 e. The van der Waals surface area contributed by atoms with Gasteiger partial charge in [0.25, 0.3) is 0 Å². The highest BCUT2D eigenvalue weighted by atomic mass is 28.3. The molecule has 0 unspecified atom stereocenters. The quantitative estimate of drug-likeness (QED) is 0.745. The van der Waals surface area contributed by atoms with Crippen LogP contribution in [-0.2, 0) is 0 Å². The van der Waals surface area contributed by atoms with Gasteiger partial charge in [-0.25, -0.2) is 0 Å². The molecule has 0 saturated carbocycles. The van der Waals surface area contributed by atoms with Crippen molar-refractivity contribution in [3.05, 3.63) is 24.3 Å². The molecule has 0 aliphatic carbocycles. The third kappa shape index (κ3) is 2.77. The van der Waals surface area contributed by atoms with Crippen LogP contribution in [0.4, 0.5) is 5.69 Å². The number of anilines is 1. The van der Waals surface area contributed by atoms with Crippen LogP contribution in [0.3, 0.4) is 0 Å². The Morgan fingerprint density at radius 2 is 1.92 bits per heavy atom. The van der Waals surface area contributed by atoms with Gasteiger partial charge in [0.05, 0.1) is 14.5 Å². The maximum absolute atomic E-state index is 9.56. The monoisotopic (exact) mass is 194 g/mol. The van der Waals surface area contributed by atoms with E-state index in [2.05, 4.69) is 18.0 Å². The Hall–Kier alpha value is -0.963. The van der Waals surface area contributed by atoms with Crippen LogP contribution in [0.1, 0.15) is 0 Å². The second kappa shape index (κ2) is 4.32. The molecule has 13 heavy (non-hydrogen) atoms. The van der Waals surface area contributed by atoms with E-state index in [-0.39, 0.29) is 8.80 Å². The average molecular weight is 194 g/mol. The maximum atomic E-state index is 9.56. The van der Waals surface area contributed by atoms with Crippen molar-refractivity contribution in [2.75, 3.05) is 18.1 Å². The third-order valence-corrected chi connectivity index (χ3v) is 2.95. The van der Waals surface area contributed by atoms with E-state index < -0.39 is 0 Å². The highest BCUT2D eigenvalue weighted by Crippen LogP contribution is 2.24. The van der Waals surface area contributed by atoms with Crippen molar-refractivity contribution in [3.63, 3.8) is 0 Å². The molecule has 1 aromatic rings. The zero-order valence-electron chi connectivity index (χ0n) is 8.41. The van der Waals surface area contributed by atoms with E-state index in [0.29, 0.717) is 5.75 Å². The molecule has 0 aliphatic heterocycles. The van der Waals surface area contributed by atoms with Gasteiger partial charge in [-0.1, -0.05) is 25.2 Å². The molecule has 0 atom stereocenters. The van der Waals surface area contributed by atoms with Crippen molar-refractivity contribution in [1.82, 2.24) is 0 Å². The summed E-state index contributed by atoms with van der Waals surface area (Å²) in [6.45, 7) is 4.53. The molecule has 0 heterocycles. The summed E-state index contributed by atoms with van der Waals surface area (Å²) in [6, 6.07) is 7.46. The third-order valence-electron chi connectivity index (χ3n) is 1.85. The molecule has 0 aromatic heterocycles. The lowest BCUT2D eigenvalue weighted by atomic mass is 10.3. The second-order valence-electron chi connectivity index (χ2n) is 3.55. The zero-order valence-corrected chi connectivity index (χ0v) is 9.41. The van der Waals surface area contributed by atoms with Crippen LogP contribution in [0.2, 0.25) is 13.1 Å². The fourth-order valence-electron chi connectivity index (χ4n) is 1.35. The number of hydrogen-bond acceptors (Lipinski definition) is 2. The summed E-state index contributed by atoms with van der Waals surface area (Å²) in [6.07, 6.45) is 1.06. The number of nitrogens with zero attached hydrogens (tertiary/aromatic N) is 1. The van der Waals surface area contributed by atoms with E-state index in [0.717, 1.165) is 11.9 Å². The molecule has 1 rings (SSSR count). The van der Waals surface area contributed by atoms with Crippen LogP contribution in [0.15, 0.2) is 24.3 Å². The Kier molecular flexibility index (Phi) is 3.37. The van der Waals surface area contributed by atoms with Gasteiger partial charge in [-0.2, -0.15) is 0 Å². The largest absolute Gasteiger partial charge is 0.506 e. The zero-order chi connectivity index (χ0) is 9.84. The molecule has 0 fully saturated rings. The predicted molar refractivity (Wildman–Crippen MR) is 58.9 cm³/mol. The SMILES string of the molecule is CN(C[Si](C)C)c1ccccc1O. The van der Waals surface area contributed by atoms with E-state index in [4.69, 9.17) is 0 Å². The van der Waals surface area contributed by atoms with Crippen LogP contribution in [-0.4, -0.2) is 27.1 Å². The standard InChI is InChI=1S/C10H16NOSi/c1-11(8-13(2)3)9-6-4-5-7-10(9)12/h4-7,12H,8H2,1-3H3. The van der Waals surface area contributed by atoms with Crippen LogP contribution in [0.25, 0.3) is 0 Å². The Balaban J connectivity index is 2.76. The fourth-order valence-corrected chi connectivity index (χ4v) is 2.47. The van der Waals surface area contributed by atoms with Crippen LogP contribution >= 0.6 is 0 Å². The summed E-state index contributed by atoms with van der Waals surface area (Å²) in [5.41, 5.74) is 0.925. The predicted octanol–water partition coefficient (Wildman–Crippen LogP) is 2.12. The average Bonchev–Trinajstić information content (AvgIpc) is 2.03. The van der Waals surface area contributed by atoms with Gasteiger partial charge in [0, 0.05) is 13.2 Å². The number of hydrogen-bond donors (Lipinski definition) is 1. The molecule has 1 N–H and O–H groups in total. The van der Waals surface area contributed by atoms with Crippen molar-refractivity contribution in [1.29, 1.82) is 0 Å². The van der Waals surface area contributed by atoms with Gasteiger partial charge in [0.15, 0.2) is 0 Å². The van der Waals surface area contributed by atoms with Crippen molar-refractivity contribution in [3.8, 4) is 5.75 Å². The van der Waals surface area contributed by atoms with E-state index >= 15 is 0 Å². The van der Waals surface area contributed by atoms with Gasteiger partial charge in [0.1, 0.15) is 5.75 Å². The van der Waals surface area contributed by atoms with E-state index in [9.17, 15) is 5.11 Å². The van der Waals surface area contributed by atoms with Gasteiger partial charge < -0.3 is 10.0 Å². The molecular formula is C10H16NOSi. The molecule has 0 amide bonds. The molecule has 71 valence electrons. The molecule has 0 spiro atoms. The Bertz CT molecular complexity index is 275. The van der Waals surface area contributed by atoms with Gasteiger partial charge in [-0.3, -0.25) is 0 Å². The maximum Gasteiger partial charge on any atom is 0.138 e. The molecule has 1 aromatic carbocycles. The van der Waals surface area contributed by atoms with Crippen LogP contribution in [0, 0.1) is 0 Å². The molecule has 0 aliphatic rings. The number of benzene rings is 1. The number of phenols is 1. The molecule has 0 saturated heterocycles. The first kappa shape index (κ1) is 10.1. The van der Waals surface area contributed by atoms with E-state index in [1.54, 1.807) is 6.07 Å². The number of aromatic hydroxyl groups is 1. The molecule has 0 bridgehead atoms. The lowest BCUT2D eigenvalue weighted by Crippen LogP contribution is -2.27. The van der Waals surface area contributed by atoms with Crippen molar-refractivity contribution < 1.29 is 5.11 Å². The highest BCUT2D eigenvalue weighted by molar-refractivity contribution is 6.56. The van der Waals surface area contributed by atoms with E-state index in [1.165, 1.54) is 0 Å². The number of rotatable bonds is 3. The topological polar surface area (TPSA) is 23.5 Å². The molecule has 3 heteroatoms. The molecule has 1 radical (unpaired) electrons. The second-order valence-corrected chi connectivity index (χ2v) is 6.28. The summed E-state index contributed by atoms with van der Waals surface area (Å²) in [7, 11) is 1.74. The van der Waals surface area contributed by atoms with Gasteiger partial charge >= 0.3 is 0 Å². The Morgan fingerprint density at radius 3 is 2.46 bits per heavy atom. The molecular weight excluding hydrogens is 178 g/mol. The fraction of sp³-hybridized carbons (Fsp3) is 0.400. The van der Waals surface area contributed by atoms with Gasteiger partial charge in [0.2, 0.25) is 0 Å². The Morgan fingerprint density at radius 1 is 1.31 bits per heavy atom. The first-order valence-corrected chi connectivity index (χ1v) is 7.10. The highest BCUT2D eigenvalue weighted by Gasteiger charge is 2.07. The summed E-state index contributed by atoms with van der Waals surface area (Å²) >= 11 is 0. The first-order chi connectivity index (χ1) is 6.11. The Labute approximate surface area is 81.4 Å². The summed E-state index contributed by atoms with van der Waals surface area (Å²) in [5.74, 6) is 0.369. The summed E-state index contributed by atoms with van der Waals surface area (Å²) in [5, 5.41) is 9.56. The minimum absolute atomic E-state index is 0.283. The number of phenolic OH excluding ortho intramolecular Hbond substituents is 1. The summed E-state index contributed by atoms with van der Waals surface area (Å²) < 4.78 is 0. The number of para-hydroxylation sites is 2. The first-order valence-electron chi connectivity index (χ1n) is 4.39. The van der Waals surface area contributed by atoms with Crippen molar-refractivity contribution in [2.45, 2.75) is 13.1 Å². The summed E-state index contributed by atoms with van der Waals surface area (Å²) in [4.78, 5) is 2.11. The van der Waals surface area contributed by atoms with E-state index in [1.807, 2.05) is 25.2 Å². The van der Waals surface area contributed by atoms with Gasteiger partial charge in [-0.15, -0.1) is 0 Å². The lowest BCUT2D eigenvalue weighted by Gasteiger charge is -2.21. The minimum atomic E-state index is -0.283. The normalized spacial score (nSPS) is 10.5. The van der Waals surface area contributed by atoms with Gasteiger partial charge in [-0.05, 0) is 12.1 Å². The van der Waals surface area contributed by atoms with Crippen LogP contribution < -0.4 is 4.90 Å². The molecule has 2 nitrogen and oxygen atoms in total. The van der Waals surface area contributed by atoms with Crippen LogP contribution in [0.5, 0.6) is 5.75 Å². The lowest BCUT2D eigenvalue weighted by molar-refractivity contribution is 0.475. The van der Waals surface area contributed by atoms with Crippen molar-refractivity contribution >= 4 is 14.5 Å². The van der Waals surface area contributed by atoms with Crippen molar-refractivity contribution in [2.24, 2.45) is 0 Å².